The third-order valence-electron chi connectivity index (χ3n) is 2.98. The zero-order valence-electron chi connectivity index (χ0n) is 10.3. The summed E-state index contributed by atoms with van der Waals surface area (Å²) in [5, 5.41) is 0. The predicted octanol–water partition coefficient (Wildman–Crippen LogP) is 5.15. The highest BCUT2D eigenvalue weighted by Gasteiger charge is 2.16. The first kappa shape index (κ1) is 14.1. The van der Waals surface area contributed by atoms with E-state index in [1.54, 1.807) is 0 Å². The van der Waals surface area contributed by atoms with E-state index in [0.29, 0.717) is 5.56 Å². The molecule has 19 heavy (non-hydrogen) atoms. The van der Waals surface area contributed by atoms with Gasteiger partial charge in [0.25, 0.3) is 0 Å². The molecule has 0 heterocycles. The minimum absolute atomic E-state index is 0.348. The molecule has 2 rings (SSSR count). The summed E-state index contributed by atoms with van der Waals surface area (Å²) in [5.41, 5.74) is 2.39. The second-order valence-corrected chi connectivity index (χ2v) is 5.17. The van der Waals surface area contributed by atoms with Gasteiger partial charge in [-0.25, -0.2) is 13.2 Å². The lowest BCUT2D eigenvalue weighted by molar-refractivity contribution is 0.445. The zero-order chi connectivity index (χ0) is 14.0. The van der Waals surface area contributed by atoms with E-state index in [1.807, 2.05) is 31.2 Å². The standard InChI is InChI=1S/C15H12BrF3/c1-2-9-3-5-10(6-4-9)14(16)11-7-12(17)15(19)13(18)8-11/h3-8,14H,2H2,1H3. The number of halogens is 4. The van der Waals surface area contributed by atoms with E-state index in [0.717, 1.165) is 24.1 Å². The number of benzene rings is 2. The van der Waals surface area contributed by atoms with Crippen LogP contribution in [0, 0.1) is 17.5 Å². The second-order valence-electron chi connectivity index (χ2n) is 4.26. The highest BCUT2D eigenvalue weighted by atomic mass is 79.9. The smallest absolute Gasteiger partial charge is 0.194 e. The Labute approximate surface area is 118 Å². The SMILES string of the molecule is CCc1ccc(C(Br)c2cc(F)c(F)c(F)c2)cc1. The Kier molecular flexibility index (Phi) is 4.30. The highest BCUT2D eigenvalue weighted by Crippen LogP contribution is 2.32. The predicted molar refractivity (Wildman–Crippen MR) is 72.9 cm³/mol. The minimum atomic E-state index is -1.44. The number of alkyl halides is 1. The largest absolute Gasteiger partial charge is 0.204 e. The molecule has 0 radical (unpaired) electrons. The minimum Gasteiger partial charge on any atom is -0.204 e. The van der Waals surface area contributed by atoms with Gasteiger partial charge in [0.1, 0.15) is 0 Å². The van der Waals surface area contributed by atoms with Crippen LogP contribution >= 0.6 is 15.9 Å². The molecule has 0 amide bonds. The van der Waals surface area contributed by atoms with Crippen molar-refractivity contribution in [3.63, 3.8) is 0 Å². The van der Waals surface area contributed by atoms with E-state index in [9.17, 15) is 13.2 Å². The Bertz CT molecular complexity index is 555. The fraction of sp³-hybridized carbons (Fsp3) is 0.200. The molecule has 0 aliphatic carbocycles. The van der Waals surface area contributed by atoms with Crippen molar-refractivity contribution in [2.45, 2.75) is 18.2 Å². The van der Waals surface area contributed by atoms with Crippen LogP contribution in [0.1, 0.15) is 28.4 Å². The van der Waals surface area contributed by atoms with Crippen LogP contribution in [0.2, 0.25) is 0 Å². The summed E-state index contributed by atoms with van der Waals surface area (Å²) in [5.74, 6) is -3.79. The fourth-order valence-electron chi connectivity index (χ4n) is 1.84. The third kappa shape index (κ3) is 3.00. The maximum Gasteiger partial charge on any atom is 0.194 e. The van der Waals surface area contributed by atoms with E-state index in [1.165, 1.54) is 5.56 Å². The van der Waals surface area contributed by atoms with Crippen LogP contribution in [-0.2, 0) is 6.42 Å². The monoisotopic (exact) mass is 328 g/mol. The van der Waals surface area contributed by atoms with Crippen molar-refractivity contribution in [3.05, 3.63) is 70.5 Å². The molecular formula is C15H12BrF3. The Hall–Kier alpha value is -1.29. The van der Waals surface area contributed by atoms with E-state index < -0.39 is 17.5 Å². The van der Waals surface area contributed by atoms with Crippen LogP contribution in [0.25, 0.3) is 0 Å². The van der Waals surface area contributed by atoms with Crippen LogP contribution < -0.4 is 0 Å². The van der Waals surface area contributed by atoms with Gasteiger partial charge < -0.3 is 0 Å². The lowest BCUT2D eigenvalue weighted by Crippen LogP contribution is -1.98. The molecule has 0 aliphatic heterocycles. The van der Waals surface area contributed by atoms with Crippen LogP contribution in [0.4, 0.5) is 13.2 Å². The van der Waals surface area contributed by atoms with E-state index in [2.05, 4.69) is 15.9 Å². The van der Waals surface area contributed by atoms with Gasteiger partial charge in [0, 0.05) is 0 Å². The summed E-state index contributed by atoms with van der Waals surface area (Å²) in [4.78, 5) is -0.372. The summed E-state index contributed by atoms with van der Waals surface area (Å²) in [6.45, 7) is 2.05. The van der Waals surface area contributed by atoms with Crippen molar-refractivity contribution in [2.24, 2.45) is 0 Å². The van der Waals surface area contributed by atoms with E-state index in [-0.39, 0.29) is 4.83 Å². The summed E-state index contributed by atoms with van der Waals surface area (Å²) < 4.78 is 39.3. The lowest BCUT2D eigenvalue weighted by Gasteiger charge is -2.12. The van der Waals surface area contributed by atoms with Crippen molar-refractivity contribution in [2.75, 3.05) is 0 Å². The Morgan fingerprint density at radius 1 is 0.947 bits per heavy atom. The van der Waals surface area contributed by atoms with Crippen molar-refractivity contribution in [1.29, 1.82) is 0 Å². The van der Waals surface area contributed by atoms with Crippen LogP contribution in [-0.4, -0.2) is 0 Å². The van der Waals surface area contributed by atoms with Gasteiger partial charge in [0.05, 0.1) is 4.83 Å². The molecule has 2 aromatic rings. The van der Waals surface area contributed by atoms with Crippen LogP contribution in [0.3, 0.4) is 0 Å². The molecule has 0 spiro atoms. The Balaban J connectivity index is 2.35. The molecule has 0 saturated heterocycles. The van der Waals surface area contributed by atoms with Crippen LogP contribution in [0.5, 0.6) is 0 Å². The fourth-order valence-corrected chi connectivity index (χ4v) is 2.41. The molecular weight excluding hydrogens is 317 g/mol. The molecule has 0 aliphatic rings. The van der Waals surface area contributed by atoms with E-state index >= 15 is 0 Å². The van der Waals surface area contributed by atoms with Gasteiger partial charge in [-0.2, -0.15) is 0 Å². The molecule has 0 aromatic heterocycles. The first-order valence-corrected chi connectivity index (χ1v) is 6.81. The second kappa shape index (κ2) is 5.78. The summed E-state index contributed by atoms with van der Waals surface area (Å²) >= 11 is 3.38. The molecule has 100 valence electrons. The number of hydrogen-bond acceptors (Lipinski definition) is 0. The maximum absolute atomic E-state index is 13.2. The molecule has 0 saturated carbocycles. The summed E-state index contributed by atoms with van der Waals surface area (Å²) in [6.07, 6.45) is 0.924. The van der Waals surface area contributed by atoms with E-state index in [4.69, 9.17) is 0 Å². The van der Waals surface area contributed by atoms with Gasteiger partial charge in [-0.3, -0.25) is 0 Å². The number of hydrogen-bond donors (Lipinski definition) is 0. The molecule has 1 unspecified atom stereocenters. The zero-order valence-corrected chi connectivity index (χ0v) is 11.8. The highest BCUT2D eigenvalue weighted by molar-refractivity contribution is 9.09. The van der Waals surface area contributed by atoms with Gasteiger partial charge in [-0.05, 0) is 35.2 Å². The Morgan fingerprint density at radius 2 is 1.47 bits per heavy atom. The lowest BCUT2D eigenvalue weighted by atomic mass is 10.0. The van der Waals surface area contributed by atoms with Crippen molar-refractivity contribution < 1.29 is 13.2 Å². The summed E-state index contributed by atoms with van der Waals surface area (Å²) in [7, 11) is 0. The molecule has 0 N–H and O–H groups in total. The third-order valence-corrected chi connectivity index (χ3v) is 4.04. The average molecular weight is 329 g/mol. The molecule has 2 aromatic carbocycles. The average Bonchev–Trinajstić information content (AvgIpc) is 2.43. The van der Waals surface area contributed by atoms with Crippen LogP contribution in [0.15, 0.2) is 36.4 Å². The number of rotatable bonds is 3. The molecule has 1 atom stereocenters. The molecule has 0 bridgehead atoms. The van der Waals surface area contributed by atoms with Gasteiger partial charge in [0.2, 0.25) is 0 Å². The van der Waals surface area contributed by atoms with Gasteiger partial charge in [0.15, 0.2) is 17.5 Å². The quantitative estimate of drug-likeness (QED) is 0.540. The molecule has 0 fully saturated rings. The summed E-state index contributed by atoms with van der Waals surface area (Å²) in [6, 6.07) is 9.70. The number of aryl methyl sites for hydroxylation is 1. The molecule has 4 heteroatoms. The van der Waals surface area contributed by atoms with Crippen molar-refractivity contribution in [3.8, 4) is 0 Å². The Morgan fingerprint density at radius 3 is 1.95 bits per heavy atom. The van der Waals surface area contributed by atoms with Gasteiger partial charge >= 0.3 is 0 Å². The molecule has 0 nitrogen and oxygen atoms in total. The van der Waals surface area contributed by atoms with Gasteiger partial charge in [-0.1, -0.05) is 47.1 Å². The maximum atomic E-state index is 13.2. The van der Waals surface area contributed by atoms with Crippen molar-refractivity contribution in [1.82, 2.24) is 0 Å². The first-order valence-electron chi connectivity index (χ1n) is 5.90. The van der Waals surface area contributed by atoms with Gasteiger partial charge in [-0.15, -0.1) is 0 Å². The van der Waals surface area contributed by atoms with Crippen molar-refractivity contribution >= 4 is 15.9 Å². The first-order chi connectivity index (χ1) is 9.02. The topological polar surface area (TPSA) is 0 Å². The normalized spacial score (nSPS) is 12.5.